The van der Waals surface area contributed by atoms with Crippen LogP contribution in [0.15, 0.2) is 22.7 Å². The Balaban J connectivity index is 2.03. The van der Waals surface area contributed by atoms with Gasteiger partial charge in [0.1, 0.15) is 0 Å². The molecular formula is C14H15BrF3NO. The summed E-state index contributed by atoms with van der Waals surface area (Å²) < 4.78 is 40.1. The Bertz CT molecular complexity index is 506. The van der Waals surface area contributed by atoms with Gasteiger partial charge in [0.2, 0.25) is 0 Å². The zero-order valence-corrected chi connectivity index (χ0v) is 12.3. The van der Waals surface area contributed by atoms with E-state index in [1.165, 1.54) is 6.07 Å². The highest BCUT2D eigenvalue weighted by atomic mass is 79.9. The first-order valence-corrected chi connectivity index (χ1v) is 7.48. The largest absolute Gasteiger partial charge is 0.418 e. The van der Waals surface area contributed by atoms with Crippen LogP contribution >= 0.6 is 15.9 Å². The van der Waals surface area contributed by atoms with Gasteiger partial charge in [-0.15, -0.1) is 0 Å². The number of hydrogen-bond acceptors (Lipinski definition) is 2. The van der Waals surface area contributed by atoms with Crippen molar-refractivity contribution < 1.29 is 18.3 Å². The van der Waals surface area contributed by atoms with Gasteiger partial charge in [-0.2, -0.15) is 13.2 Å². The van der Waals surface area contributed by atoms with E-state index in [9.17, 15) is 18.3 Å². The molecule has 2 bridgehead atoms. The SMILES string of the molecule is OC1CC2CCC(C1)N2c1ccc(Br)cc1C(F)(F)F. The minimum atomic E-state index is -4.37. The van der Waals surface area contributed by atoms with E-state index in [0.29, 0.717) is 17.3 Å². The molecule has 110 valence electrons. The van der Waals surface area contributed by atoms with Crippen LogP contribution in [0.25, 0.3) is 0 Å². The molecule has 0 amide bonds. The van der Waals surface area contributed by atoms with Crippen LogP contribution < -0.4 is 4.90 Å². The minimum absolute atomic E-state index is 0.0195. The van der Waals surface area contributed by atoms with Gasteiger partial charge in [-0.25, -0.2) is 0 Å². The zero-order valence-electron chi connectivity index (χ0n) is 10.7. The molecule has 0 saturated carbocycles. The van der Waals surface area contributed by atoms with Crippen LogP contribution in [0.4, 0.5) is 18.9 Å². The Morgan fingerprint density at radius 3 is 2.30 bits per heavy atom. The Kier molecular flexibility index (Phi) is 3.49. The lowest BCUT2D eigenvalue weighted by Gasteiger charge is -2.40. The van der Waals surface area contributed by atoms with Gasteiger partial charge >= 0.3 is 6.18 Å². The number of piperidine rings is 1. The summed E-state index contributed by atoms with van der Waals surface area (Å²) in [6, 6.07) is 4.36. The van der Waals surface area contributed by atoms with Crippen molar-refractivity contribution in [1.82, 2.24) is 0 Å². The number of alkyl halides is 3. The molecular weight excluding hydrogens is 335 g/mol. The van der Waals surface area contributed by atoms with Crippen LogP contribution in [-0.4, -0.2) is 23.3 Å². The average molecular weight is 350 g/mol. The van der Waals surface area contributed by atoms with Gasteiger partial charge in [0.25, 0.3) is 0 Å². The number of nitrogens with zero attached hydrogens (tertiary/aromatic N) is 1. The van der Waals surface area contributed by atoms with E-state index in [1.54, 1.807) is 6.07 Å². The maximum Gasteiger partial charge on any atom is 0.418 e. The lowest BCUT2D eigenvalue weighted by molar-refractivity contribution is -0.137. The molecule has 2 heterocycles. The first-order chi connectivity index (χ1) is 9.36. The topological polar surface area (TPSA) is 23.5 Å². The van der Waals surface area contributed by atoms with Crippen LogP contribution in [0.1, 0.15) is 31.2 Å². The molecule has 6 heteroatoms. The highest BCUT2D eigenvalue weighted by Gasteiger charge is 2.44. The molecule has 2 unspecified atom stereocenters. The van der Waals surface area contributed by atoms with E-state index in [1.807, 2.05) is 4.90 Å². The summed E-state index contributed by atoms with van der Waals surface area (Å²) in [4.78, 5) is 1.88. The summed E-state index contributed by atoms with van der Waals surface area (Å²) in [5, 5.41) is 9.77. The Labute approximate surface area is 123 Å². The van der Waals surface area contributed by atoms with Crippen molar-refractivity contribution >= 4 is 21.6 Å². The van der Waals surface area contributed by atoms with Crippen LogP contribution in [0.2, 0.25) is 0 Å². The number of aliphatic hydroxyl groups excluding tert-OH is 1. The van der Waals surface area contributed by atoms with Crippen molar-refractivity contribution in [2.45, 2.75) is 50.0 Å². The summed E-state index contributed by atoms with van der Waals surface area (Å²) >= 11 is 3.11. The molecule has 2 aliphatic rings. The fourth-order valence-corrected chi connectivity index (χ4v) is 3.86. The normalized spacial score (nSPS) is 29.9. The molecule has 0 spiro atoms. The third-order valence-corrected chi connectivity index (χ3v) is 4.74. The van der Waals surface area contributed by atoms with E-state index < -0.39 is 11.7 Å². The minimum Gasteiger partial charge on any atom is -0.393 e. The van der Waals surface area contributed by atoms with Crippen molar-refractivity contribution in [3.05, 3.63) is 28.2 Å². The van der Waals surface area contributed by atoms with E-state index >= 15 is 0 Å². The third-order valence-electron chi connectivity index (χ3n) is 4.25. The third kappa shape index (κ3) is 2.44. The lowest BCUT2D eigenvalue weighted by Crippen LogP contribution is -2.45. The van der Waals surface area contributed by atoms with Gasteiger partial charge in [0.15, 0.2) is 0 Å². The molecule has 3 rings (SSSR count). The predicted octanol–water partition coefficient (Wildman–Crippen LogP) is 3.96. The second kappa shape index (κ2) is 4.91. The van der Waals surface area contributed by atoms with Crippen molar-refractivity contribution in [3.8, 4) is 0 Å². The molecule has 0 radical (unpaired) electrons. The van der Waals surface area contributed by atoms with E-state index in [-0.39, 0.29) is 23.9 Å². The summed E-state index contributed by atoms with van der Waals surface area (Å²) in [5.74, 6) is 0. The predicted molar refractivity (Wildman–Crippen MR) is 73.7 cm³/mol. The number of halogens is 4. The van der Waals surface area contributed by atoms with Gasteiger partial charge in [0.05, 0.1) is 11.7 Å². The monoisotopic (exact) mass is 349 g/mol. The van der Waals surface area contributed by atoms with Crippen LogP contribution in [0.3, 0.4) is 0 Å². The van der Waals surface area contributed by atoms with E-state index in [4.69, 9.17) is 0 Å². The highest BCUT2D eigenvalue weighted by Crippen LogP contribution is 2.45. The van der Waals surface area contributed by atoms with Gasteiger partial charge in [-0.3, -0.25) is 0 Å². The van der Waals surface area contributed by atoms with Crippen molar-refractivity contribution in [2.75, 3.05) is 4.90 Å². The van der Waals surface area contributed by atoms with Crippen molar-refractivity contribution in [2.24, 2.45) is 0 Å². The lowest BCUT2D eigenvalue weighted by atomic mass is 9.97. The number of anilines is 1. The Morgan fingerprint density at radius 1 is 1.15 bits per heavy atom. The molecule has 2 saturated heterocycles. The van der Waals surface area contributed by atoms with E-state index in [2.05, 4.69) is 15.9 Å². The summed E-state index contributed by atoms with van der Waals surface area (Å²) in [6.45, 7) is 0. The summed E-state index contributed by atoms with van der Waals surface area (Å²) in [5.41, 5.74) is -0.347. The number of hydrogen-bond donors (Lipinski definition) is 1. The maximum absolute atomic E-state index is 13.2. The summed E-state index contributed by atoms with van der Waals surface area (Å²) in [6.07, 6.45) is -1.92. The fraction of sp³-hybridized carbons (Fsp3) is 0.571. The number of aliphatic hydroxyl groups is 1. The van der Waals surface area contributed by atoms with Gasteiger partial charge in [0, 0.05) is 22.2 Å². The quantitative estimate of drug-likeness (QED) is 0.829. The number of benzene rings is 1. The van der Waals surface area contributed by atoms with Crippen molar-refractivity contribution in [3.63, 3.8) is 0 Å². The van der Waals surface area contributed by atoms with Gasteiger partial charge < -0.3 is 10.0 Å². The van der Waals surface area contributed by atoms with Crippen LogP contribution in [-0.2, 0) is 6.18 Å². The molecule has 1 aromatic carbocycles. The molecule has 20 heavy (non-hydrogen) atoms. The molecule has 2 fully saturated rings. The Hall–Kier alpha value is -0.750. The molecule has 1 aromatic rings. The fourth-order valence-electron chi connectivity index (χ4n) is 3.50. The smallest absolute Gasteiger partial charge is 0.393 e. The summed E-state index contributed by atoms with van der Waals surface area (Å²) in [7, 11) is 0. The number of rotatable bonds is 1. The first-order valence-electron chi connectivity index (χ1n) is 6.69. The standard InChI is InChI=1S/C14H15BrF3NO/c15-8-1-4-13(12(5-8)14(16,17)18)19-9-2-3-10(19)7-11(20)6-9/h1,4-5,9-11,20H,2-3,6-7H2. The molecule has 0 aromatic heterocycles. The number of fused-ring (bicyclic) bond motifs is 2. The molecule has 2 aliphatic heterocycles. The molecule has 2 nitrogen and oxygen atoms in total. The molecule has 2 atom stereocenters. The maximum atomic E-state index is 13.2. The van der Waals surface area contributed by atoms with Gasteiger partial charge in [-0.1, -0.05) is 15.9 Å². The van der Waals surface area contributed by atoms with Crippen LogP contribution in [0.5, 0.6) is 0 Å². The van der Waals surface area contributed by atoms with Crippen molar-refractivity contribution in [1.29, 1.82) is 0 Å². The van der Waals surface area contributed by atoms with Gasteiger partial charge in [-0.05, 0) is 43.9 Å². The zero-order chi connectivity index (χ0) is 14.5. The second-order valence-corrected chi connectivity index (χ2v) is 6.49. The second-order valence-electron chi connectivity index (χ2n) is 5.58. The van der Waals surface area contributed by atoms with E-state index in [0.717, 1.165) is 18.9 Å². The first kappa shape index (κ1) is 14.2. The Morgan fingerprint density at radius 2 is 1.75 bits per heavy atom. The average Bonchev–Trinajstić information content (AvgIpc) is 2.61. The highest BCUT2D eigenvalue weighted by molar-refractivity contribution is 9.10. The van der Waals surface area contributed by atoms with Crippen LogP contribution in [0, 0.1) is 0 Å². The molecule has 1 N–H and O–H groups in total. The molecule has 0 aliphatic carbocycles.